The van der Waals surface area contributed by atoms with Gasteiger partial charge in [0.25, 0.3) is 0 Å². The van der Waals surface area contributed by atoms with Gasteiger partial charge in [-0.3, -0.25) is 19.8 Å². The van der Waals surface area contributed by atoms with Crippen molar-refractivity contribution < 1.29 is 14.3 Å². The second-order valence-corrected chi connectivity index (χ2v) is 5.00. The molecule has 21 heavy (non-hydrogen) atoms. The Hall–Kier alpha value is -1.92. The number of imide groups is 1. The number of rotatable bonds is 6. The highest BCUT2D eigenvalue weighted by molar-refractivity contribution is 6.01. The van der Waals surface area contributed by atoms with Crippen molar-refractivity contribution in [3.8, 4) is 5.75 Å². The monoisotopic (exact) mass is 291 g/mol. The molecule has 3 N–H and O–H groups in total. The molecule has 0 radical (unpaired) electrons. The number of carbonyl (C=O) groups excluding carboxylic acids is 2. The van der Waals surface area contributed by atoms with Gasteiger partial charge >= 0.3 is 0 Å². The van der Waals surface area contributed by atoms with E-state index in [2.05, 4.69) is 5.32 Å². The number of hydrogen-bond acceptors (Lipinski definition) is 5. The number of hydrogen-bond donors (Lipinski definition) is 2. The maximum Gasteiger partial charge on any atom is 0.243 e. The number of nitrogens with two attached hydrogens (primary N) is 1. The van der Waals surface area contributed by atoms with Gasteiger partial charge in [-0.2, -0.15) is 0 Å². The Kier molecular flexibility index (Phi) is 5.30. The van der Waals surface area contributed by atoms with Crippen LogP contribution in [0.3, 0.4) is 0 Å². The van der Waals surface area contributed by atoms with Crippen molar-refractivity contribution >= 4 is 11.8 Å². The molecule has 1 fully saturated rings. The van der Waals surface area contributed by atoms with Gasteiger partial charge in [-0.25, -0.2) is 0 Å². The molecule has 1 aromatic carbocycles. The van der Waals surface area contributed by atoms with Crippen LogP contribution in [0.5, 0.6) is 5.75 Å². The van der Waals surface area contributed by atoms with E-state index in [1.807, 2.05) is 36.1 Å². The zero-order valence-electron chi connectivity index (χ0n) is 12.2. The van der Waals surface area contributed by atoms with Crippen molar-refractivity contribution in [2.75, 3.05) is 19.7 Å². The summed E-state index contributed by atoms with van der Waals surface area (Å²) in [4.78, 5) is 25.0. The van der Waals surface area contributed by atoms with Gasteiger partial charge in [0.2, 0.25) is 11.8 Å². The summed E-state index contributed by atoms with van der Waals surface area (Å²) in [5.41, 5.74) is 6.58. The maximum atomic E-state index is 11.7. The lowest BCUT2D eigenvalue weighted by Gasteiger charge is -2.33. The zero-order chi connectivity index (χ0) is 15.2. The third-order valence-electron chi connectivity index (χ3n) is 3.55. The van der Waals surface area contributed by atoms with Crippen LogP contribution >= 0.6 is 0 Å². The van der Waals surface area contributed by atoms with Crippen LogP contribution in [-0.4, -0.2) is 42.5 Å². The highest BCUT2D eigenvalue weighted by Crippen LogP contribution is 2.13. The molecule has 1 aliphatic heterocycles. The van der Waals surface area contributed by atoms with E-state index in [0.717, 1.165) is 11.3 Å². The minimum absolute atomic E-state index is 0.221. The molecular formula is C15H21N3O3. The summed E-state index contributed by atoms with van der Waals surface area (Å²) in [6, 6.07) is 7.32. The topological polar surface area (TPSA) is 84.7 Å². The highest BCUT2D eigenvalue weighted by atomic mass is 16.5. The highest BCUT2D eigenvalue weighted by Gasteiger charge is 2.31. The predicted molar refractivity (Wildman–Crippen MR) is 78.6 cm³/mol. The van der Waals surface area contributed by atoms with E-state index in [9.17, 15) is 9.59 Å². The Morgan fingerprint density at radius 3 is 2.67 bits per heavy atom. The Bertz CT molecular complexity index is 501. The molecule has 1 heterocycles. The quantitative estimate of drug-likeness (QED) is 0.735. The first-order valence-corrected chi connectivity index (χ1v) is 7.13. The van der Waals surface area contributed by atoms with Crippen molar-refractivity contribution in [3.63, 3.8) is 0 Å². The number of benzene rings is 1. The summed E-state index contributed by atoms with van der Waals surface area (Å²) in [7, 11) is 0. The Balaban J connectivity index is 1.86. The molecule has 6 heteroatoms. The summed E-state index contributed by atoms with van der Waals surface area (Å²) >= 11 is 0. The standard InChI is InChI=1S/C15H21N3O3/c1-2-13-15(20)17-14(19)10-18(13)7-8-21-12-5-3-11(9-16)4-6-12/h3-6,13H,2,7-10,16H2,1H3,(H,17,19,20). The first-order chi connectivity index (χ1) is 10.1. The Morgan fingerprint density at radius 2 is 2.05 bits per heavy atom. The van der Waals surface area contributed by atoms with Crippen LogP contribution in [0.1, 0.15) is 18.9 Å². The van der Waals surface area contributed by atoms with E-state index < -0.39 is 0 Å². The number of amides is 2. The van der Waals surface area contributed by atoms with Crippen LogP contribution < -0.4 is 15.8 Å². The molecule has 1 aliphatic rings. The van der Waals surface area contributed by atoms with Crippen LogP contribution in [0.25, 0.3) is 0 Å². The molecule has 2 rings (SSSR count). The second-order valence-electron chi connectivity index (χ2n) is 5.00. The van der Waals surface area contributed by atoms with Crippen molar-refractivity contribution in [2.45, 2.75) is 25.9 Å². The third-order valence-corrected chi connectivity index (χ3v) is 3.55. The van der Waals surface area contributed by atoms with Crippen LogP contribution in [0.4, 0.5) is 0 Å². The smallest absolute Gasteiger partial charge is 0.243 e. The Labute approximate surface area is 124 Å². The van der Waals surface area contributed by atoms with E-state index in [1.54, 1.807) is 0 Å². The van der Waals surface area contributed by atoms with Gasteiger partial charge in [0.05, 0.1) is 12.6 Å². The fourth-order valence-electron chi connectivity index (χ4n) is 2.40. The van der Waals surface area contributed by atoms with Gasteiger partial charge in [0.1, 0.15) is 12.4 Å². The lowest BCUT2D eigenvalue weighted by Crippen LogP contribution is -2.58. The largest absolute Gasteiger partial charge is 0.492 e. The average molecular weight is 291 g/mol. The van der Waals surface area contributed by atoms with Crippen molar-refractivity contribution in [3.05, 3.63) is 29.8 Å². The van der Waals surface area contributed by atoms with E-state index in [4.69, 9.17) is 10.5 Å². The van der Waals surface area contributed by atoms with Gasteiger partial charge in [-0.15, -0.1) is 0 Å². The summed E-state index contributed by atoms with van der Waals surface area (Å²) in [6.07, 6.45) is 0.671. The number of ether oxygens (including phenoxy) is 1. The van der Waals surface area contributed by atoms with Crippen LogP contribution in [0.15, 0.2) is 24.3 Å². The number of carbonyl (C=O) groups is 2. The molecule has 6 nitrogen and oxygen atoms in total. The minimum Gasteiger partial charge on any atom is -0.492 e. The van der Waals surface area contributed by atoms with Crippen molar-refractivity contribution in [1.29, 1.82) is 0 Å². The molecule has 0 bridgehead atoms. The van der Waals surface area contributed by atoms with Crippen molar-refractivity contribution in [2.24, 2.45) is 5.73 Å². The predicted octanol–water partition coefficient (Wildman–Crippen LogP) is 0.261. The summed E-state index contributed by atoms with van der Waals surface area (Å²) < 4.78 is 5.65. The number of nitrogens with one attached hydrogen (secondary N) is 1. The molecule has 0 aliphatic carbocycles. The fourth-order valence-corrected chi connectivity index (χ4v) is 2.40. The van der Waals surface area contributed by atoms with Gasteiger partial charge in [0, 0.05) is 13.1 Å². The molecule has 1 atom stereocenters. The van der Waals surface area contributed by atoms with Crippen LogP contribution in [0, 0.1) is 0 Å². The molecule has 1 aromatic rings. The molecule has 1 saturated heterocycles. The summed E-state index contributed by atoms with van der Waals surface area (Å²) in [6.45, 7) is 3.64. The van der Waals surface area contributed by atoms with Gasteiger partial charge in [-0.1, -0.05) is 19.1 Å². The van der Waals surface area contributed by atoms with E-state index >= 15 is 0 Å². The minimum atomic E-state index is -0.258. The van der Waals surface area contributed by atoms with Crippen LogP contribution in [0.2, 0.25) is 0 Å². The number of nitrogens with zero attached hydrogens (tertiary/aromatic N) is 1. The lowest BCUT2D eigenvalue weighted by molar-refractivity contribution is -0.140. The maximum absolute atomic E-state index is 11.7. The van der Waals surface area contributed by atoms with Gasteiger partial charge < -0.3 is 10.5 Å². The molecule has 1 unspecified atom stereocenters. The van der Waals surface area contributed by atoms with Gasteiger partial charge in [-0.05, 0) is 24.1 Å². The van der Waals surface area contributed by atoms with E-state index in [-0.39, 0.29) is 24.4 Å². The SMILES string of the molecule is CCC1C(=O)NC(=O)CN1CCOc1ccc(CN)cc1. The molecule has 0 saturated carbocycles. The summed E-state index contributed by atoms with van der Waals surface area (Å²) in [5.74, 6) is 0.283. The van der Waals surface area contributed by atoms with E-state index in [0.29, 0.717) is 26.1 Å². The molecule has 2 amide bonds. The zero-order valence-corrected chi connectivity index (χ0v) is 12.2. The van der Waals surface area contributed by atoms with E-state index in [1.165, 1.54) is 0 Å². The molecule has 114 valence electrons. The van der Waals surface area contributed by atoms with Gasteiger partial charge in [0.15, 0.2) is 0 Å². The molecule has 0 spiro atoms. The van der Waals surface area contributed by atoms with Crippen LogP contribution in [-0.2, 0) is 16.1 Å². The summed E-state index contributed by atoms with van der Waals surface area (Å²) in [5, 5.41) is 2.36. The third kappa shape index (κ3) is 4.03. The fraction of sp³-hybridized carbons (Fsp3) is 0.467. The Morgan fingerprint density at radius 1 is 1.33 bits per heavy atom. The second kappa shape index (κ2) is 7.19. The average Bonchev–Trinajstić information content (AvgIpc) is 2.47. The molecule has 0 aromatic heterocycles. The first kappa shape index (κ1) is 15.5. The number of piperazine rings is 1. The molecular weight excluding hydrogens is 270 g/mol. The first-order valence-electron chi connectivity index (χ1n) is 7.13. The normalized spacial score (nSPS) is 19.4. The lowest BCUT2D eigenvalue weighted by atomic mass is 10.1. The van der Waals surface area contributed by atoms with Crippen molar-refractivity contribution in [1.82, 2.24) is 10.2 Å².